The van der Waals surface area contributed by atoms with Crippen LogP contribution in [0.2, 0.25) is 5.02 Å². The third-order valence-corrected chi connectivity index (χ3v) is 3.08. The molecule has 3 nitrogen and oxygen atoms in total. The third-order valence-electron chi connectivity index (χ3n) is 2.76. The summed E-state index contributed by atoms with van der Waals surface area (Å²) in [6, 6.07) is 8.38. The Bertz CT molecular complexity index is 693. The Morgan fingerprint density at radius 3 is 2.67 bits per heavy atom. The van der Waals surface area contributed by atoms with Crippen molar-refractivity contribution in [2.45, 2.75) is 12.7 Å². The van der Waals surface area contributed by atoms with Crippen LogP contribution < -0.4 is 5.32 Å². The average molecular weight is 312 g/mol. The van der Waals surface area contributed by atoms with E-state index in [1.807, 2.05) is 6.07 Å². The van der Waals surface area contributed by atoms with Crippen molar-refractivity contribution >= 4 is 17.3 Å². The van der Waals surface area contributed by atoms with Gasteiger partial charge < -0.3 is 5.32 Å². The van der Waals surface area contributed by atoms with Gasteiger partial charge in [-0.3, -0.25) is 0 Å². The van der Waals surface area contributed by atoms with Crippen LogP contribution in [0.25, 0.3) is 0 Å². The Kier molecular flexibility index (Phi) is 4.34. The first-order chi connectivity index (χ1) is 9.91. The Hall–Kier alpha value is -2.26. The van der Waals surface area contributed by atoms with Gasteiger partial charge in [0, 0.05) is 18.3 Å². The summed E-state index contributed by atoms with van der Waals surface area (Å²) in [7, 11) is 0. The molecule has 21 heavy (non-hydrogen) atoms. The van der Waals surface area contributed by atoms with Gasteiger partial charge in [-0.05, 0) is 24.3 Å². The summed E-state index contributed by atoms with van der Waals surface area (Å²) >= 11 is 5.83. The number of anilines is 1. The normalized spacial score (nSPS) is 11.0. The second-order valence-corrected chi connectivity index (χ2v) is 4.58. The molecule has 1 aromatic heterocycles. The van der Waals surface area contributed by atoms with E-state index in [0.717, 1.165) is 12.1 Å². The molecule has 0 saturated heterocycles. The number of aromatic nitrogens is 1. The first kappa shape index (κ1) is 15.1. The van der Waals surface area contributed by atoms with Crippen molar-refractivity contribution < 1.29 is 13.2 Å². The summed E-state index contributed by atoms with van der Waals surface area (Å²) < 4.78 is 37.6. The third kappa shape index (κ3) is 3.64. The number of pyridine rings is 1. The van der Waals surface area contributed by atoms with E-state index in [2.05, 4.69) is 10.3 Å². The maximum atomic E-state index is 12.5. The summed E-state index contributed by atoms with van der Waals surface area (Å²) in [5.41, 5.74) is 0.443. The van der Waals surface area contributed by atoms with Crippen LogP contribution in [0.1, 0.15) is 16.8 Å². The van der Waals surface area contributed by atoms with Crippen LogP contribution in [0.4, 0.5) is 18.9 Å². The number of nitriles is 1. The summed E-state index contributed by atoms with van der Waals surface area (Å²) in [5, 5.41) is 11.8. The highest BCUT2D eigenvalue weighted by molar-refractivity contribution is 6.33. The van der Waals surface area contributed by atoms with Gasteiger partial charge in [0.1, 0.15) is 11.8 Å². The Morgan fingerprint density at radius 1 is 1.29 bits per heavy atom. The van der Waals surface area contributed by atoms with Crippen LogP contribution in [0.15, 0.2) is 36.5 Å². The maximum Gasteiger partial charge on any atom is 0.416 e. The van der Waals surface area contributed by atoms with Crippen molar-refractivity contribution in [1.29, 1.82) is 5.26 Å². The molecule has 2 aromatic rings. The molecule has 0 unspecified atom stereocenters. The molecule has 0 amide bonds. The van der Waals surface area contributed by atoms with E-state index in [9.17, 15) is 13.2 Å². The number of alkyl halides is 3. The van der Waals surface area contributed by atoms with Crippen LogP contribution in [-0.4, -0.2) is 4.98 Å². The molecule has 0 atom stereocenters. The van der Waals surface area contributed by atoms with Gasteiger partial charge in [0.2, 0.25) is 0 Å². The molecule has 0 bridgehead atoms. The maximum absolute atomic E-state index is 12.5. The molecule has 1 N–H and O–H groups in total. The lowest BCUT2D eigenvalue weighted by molar-refractivity contribution is -0.137. The van der Waals surface area contributed by atoms with Crippen molar-refractivity contribution in [1.82, 2.24) is 4.98 Å². The molecule has 0 radical (unpaired) electrons. The molecule has 0 aliphatic carbocycles. The summed E-state index contributed by atoms with van der Waals surface area (Å²) in [4.78, 5) is 3.90. The molecule has 0 aliphatic rings. The standard InChI is InChI=1S/C14H9ClF3N3/c15-11-6-10(14(16,17)18)3-4-12(11)21-8-9-2-1-5-20-13(9)7-19/h1-6,21H,8H2. The zero-order chi connectivity index (χ0) is 15.5. The second-order valence-electron chi connectivity index (χ2n) is 4.17. The Labute approximate surface area is 124 Å². The van der Waals surface area contributed by atoms with Gasteiger partial charge in [-0.25, -0.2) is 4.98 Å². The van der Waals surface area contributed by atoms with E-state index < -0.39 is 11.7 Å². The van der Waals surface area contributed by atoms with Gasteiger partial charge in [0.25, 0.3) is 0 Å². The topological polar surface area (TPSA) is 48.7 Å². The lowest BCUT2D eigenvalue weighted by Gasteiger charge is -2.12. The molecular weight excluding hydrogens is 303 g/mol. The smallest absolute Gasteiger partial charge is 0.380 e. The summed E-state index contributed by atoms with van der Waals surface area (Å²) in [5.74, 6) is 0. The highest BCUT2D eigenvalue weighted by atomic mass is 35.5. The van der Waals surface area contributed by atoms with Crippen LogP contribution >= 0.6 is 11.6 Å². The van der Waals surface area contributed by atoms with Crippen molar-refractivity contribution in [2.24, 2.45) is 0 Å². The molecule has 2 rings (SSSR count). The number of hydrogen-bond donors (Lipinski definition) is 1. The number of hydrogen-bond acceptors (Lipinski definition) is 3. The van der Waals surface area contributed by atoms with Gasteiger partial charge in [-0.15, -0.1) is 0 Å². The van der Waals surface area contributed by atoms with Crippen LogP contribution in [0.3, 0.4) is 0 Å². The lowest BCUT2D eigenvalue weighted by atomic mass is 10.1. The average Bonchev–Trinajstić information content (AvgIpc) is 2.45. The molecule has 7 heteroatoms. The van der Waals surface area contributed by atoms with E-state index in [-0.39, 0.29) is 17.3 Å². The fourth-order valence-corrected chi connectivity index (χ4v) is 1.95. The first-order valence-electron chi connectivity index (χ1n) is 5.86. The molecule has 1 heterocycles. The number of benzene rings is 1. The lowest BCUT2D eigenvalue weighted by Crippen LogP contribution is -2.07. The fourth-order valence-electron chi connectivity index (χ4n) is 1.71. The van der Waals surface area contributed by atoms with E-state index in [1.54, 1.807) is 12.1 Å². The quantitative estimate of drug-likeness (QED) is 0.922. The molecule has 0 aliphatic heterocycles. The Balaban J connectivity index is 2.16. The second kappa shape index (κ2) is 6.02. The molecule has 0 spiro atoms. The summed E-state index contributed by atoms with van der Waals surface area (Å²) in [6.45, 7) is 0.238. The van der Waals surface area contributed by atoms with Gasteiger partial charge >= 0.3 is 6.18 Å². The van der Waals surface area contributed by atoms with E-state index in [1.165, 1.54) is 12.3 Å². The molecule has 1 aromatic carbocycles. The number of rotatable bonds is 3. The van der Waals surface area contributed by atoms with Gasteiger partial charge in [0.05, 0.1) is 16.3 Å². The predicted octanol–water partition coefficient (Wildman–Crippen LogP) is 4.24. The highest BCUT2D eigenvalue weighted by Crippen LogP contribution is 2.33. The molecule has 0 saturated carbocycles. The van der Waals surface area contributed by atoms with E-state index in [4.69, 9.17) is 16.9 Å². The monoisotopic (exact) mass is 311 g/mol. The zero-order valence-corrected chi connectivity index (χ0v) is 11.3. The van der Waals surface area contributed by atoms with Crippen molar-refractivity contribution in [2.75, 3.05) is 5.32 Å². The van der Waals surface area contributed by atoms with Crippen LogP contribution in [0.5, 0.6) is 0 Å². The largest absolute Gasteiger partial charge is 0.416 e. The number of nitrogens with zero attached hydrogens (tertiary/aromatic N) is 2. The first-order valence-corrected chi connectivity index (χ1v) is 6.24. The van der Waals surface area contributed by atoms with Crippen molar-refractivity contribution in [3.63, 3.8) is 0 Å². The number of nitrogens with one attached hydrogen (secondary N) is 1. The fraction of sp³-hybridized carbons (Fsp3) is 0.143. The van der Waals surface area contributed by atoms with E-state index in [0.29, 0.717) is 11.3 Å². The minimum absolute atomic E-state index is 0.0350. The van der Waals surface area contributed by atoms with Crippen molar-refractivity contribution in [3.8, 4) is 6.07 Å². The number of halogens is 4. The predicted molar refractivity (Wildman–Crippen MR) is 72.7 cm³/mol. The molecular formula is C14H9ClF3N3. The van der Waals surface area contributed by atoms with E-state index >= 15 is 0 Å². The van der Waals surface area contributed by atoms with Gasteiger partial charge in [-0.2, -0.15) is 18.4 Å². The molecule has 0 fully saturated rings. The van der Waals surface area contributed by atoms with Crippen LogP contribution in [-0.2, 0) is 12.7 Å². The summed E-state index contributed by atoms with van der Waals surface area (Å²) in [6.07, 6.45) is -2.94. The van der Waals surface area contributed by atoms with Crippen LogP contribution in [0, 0.1) is 11.3 Å². The minimum atomic E-state index is -4.43. The minimum Gasteiger partial charge on any atom is -0.380 e. The Morgan fingerprint density at radius 2 is 2.05 bits per heavy atom. The molecule has 108 valence electrons. The van der Waals surface area contributed by atoms with Gasteiger partial charge in [-0.1, -0.05) is 17.7 Å². The van der Waals surface area contributed by atoms with Gasteiger partial charge in [0.15, 0.2) is 0 Å². The zero-order valence-electron chi connectivity index (χ0n) is 10.6. The van der Waals surface area contributed by atoms with Crippen molar-refractivity contribution in [3.05, 3.63) is 58.4 Å². The SMILES string of the molecule is N#Cc1ncccc1CNc1ccc(C(F)(F)F)cc1Cl. The highest BCUT2D eigenvalue weighted by Gasteiger charge is 2.30.